The number of hydrogen-bond donors (Lipinski definition) is 0. The van der Waals surface area contributed by atoms with Crippen LogP contribution in [0.3, 0.4) is 0 Å². The zero-order valence-corrected chi connectivity index (χ0v) is 9.01. The van der Waals surface area contributed by atoms with E-state index in [0.717, 1.165) is 0 Å². The highest BCUT2D eigenvalue weighted by Crippen LogP contribution is 2.12. The summed E-state index contributed by atoms with van der Waals surface area (Å²) in [6, 6.07) is -0.410. The third kappa shape index (κ3) is 3.04. The van der Waals surface area contributed by atoms with Gasteiger partial charge in [-0.15, -0.1) is 0 Å². The normalized spacial score (nSPS) is 17.5. The molecule has 14 heavy (non-hydrogen) atoms. The monoisotopic (exact) mass is 203 g/mol. The molecule has 0 aliphatic carbocycles. The van der Waals surface area contributed by atoms with Crippen LogP contribution in [0.15, 0.2) is 4.99 Å². The minimum Gasteiger partial charge on any atom is -0.380 e. The first-order valence-electron chi connectivity index (χ1n) is 4.24. The summed E-state index contributed by atoms with van der Waals surface area (Å²) in [4.78, 5) is 15.5. The van der Waals surface area contributed by atoms with Crippen LogP contribution in [0.25, 0.3) is 0 Å². The Morgan fingerprint density at radius 2 is 2.07 bits per heavy atom. The van der Waals surface area contributed by atoms with Crippen molar-refractivity contribution in [2.24, 2.45) is 4.99 Å². The Morgan fingerprint density at radius 1 is 1.57 bits per heavy atom. The molecule has 0 aromatic carbocycles. The molecule has 0 unspecified atom stereocenters. The van der Waals surface area contributed by atoms with E-state index in [2.05, 4.69) is 11.7 Å². The molecule has 0 fully saturated rings. The van der Waals surface area contributed by atoms with Gasteiger partial charge in [0.05, 0.1) is 6.10 Å². The molecule has 0 amide bonds. The topological polar surface area (TPSA) is 68.0 Å². The van der Waals surface area contributed by atoms with Crippen molar-refractivity contribution in [1.82, 2.24) is 4.90 Å². The van der Waals surface area contributed by atoms with E-state index in [4.69, 9.17) is 4.74 Å². The highest BCUT2D eigenvalue weighted by Gasteiger charge is 2.36. The standard InChI is InChI=1S/C8H17N3O3/c1-6(14-5)7(10(3)4)8(9-2)11(12)13/h6-8H,2H2,1,3-5H3/t6-,7+,8-/m0/s1. The van der Waals surface area contributed by atoms with Crippen molar-refractivity contribution in [1.29, 1.82) is 0 Å². The second-order valence-corrected chi connectivity index (χ2v) is 3.28. The molecular formula is C8H17N3O3. The Balaban J connectivity index is 4.77. The number of likely N-dealkylation sites (N-methyl/N-ethyl adjacent to an activating group) is 1. The van der Waals surface area contributed by atoms with Crippen molar-refractivity contribution in [2.45, 2.75) is 25.2 Å². The number of aliphatic imine (C=N–C) groups is 1. The molecule has 0 aliphatic rings. The van der Waals surface area contributed by atoms with Crippen molar-refractivity contribution in [3.63, 3.8) is 0 Å². The Morgan fingerprint density at radius 3 is 2.29 bits per heavy atom. The van der Waals surface area contributed by atoms with Gasteiger partial charge in [-0.1, -0.05) is 0 Å². The lowest BCUT2D eigenvalue weighted by atomic mass is 10.1. The Bertz CT molecular complexity index is 208. The molecule has 0 rings (SSSR count). The average Bonchev–Trinajstić information content (AvgIpc) is 2.11. The summed E-state index contributed by atoms with van der Waals surface area (Å²) in [5.74, 6) is 0. The lowest BCUT2D eigenvalue weighted by molar-refractivity contribution is -0.530. The van der Waals surface area contributed by atoms with E-state index in [0.29, 0.717) is 0 Å². The van der Waals surface area contributed by atoms with Gasteiger partial charge in [-0.05, 0) is 27.7 Å². The van der Waals surface area contributed by atoms with E-state index < -0.39 is 17.1 Å². The van der Waals surface area contributed by atoms with E-state index in [-0.39, 0.29) is 6.10 Å². The van der Waals surface area contributed by atoms with Gasteiger partial charge in [0.2, 0.25) is 0 Å². The molecule has 3 atom stereocenters. The largest absolute Gasteiger partial charge is 0.380 e. The summed E-state index contributed by atoms with van der Waals surface area (Å²) in [5, 5.41) is 10.7. The van der Waals surface area contributed by atoms with E-state index in [9.17, 15) is 10.1 Å². The molecule has 0 aliphatic heterocycles. The first-order chi connectivity index (χ1) is 6.45. The Hall–Kier alpha value is -1.01. The smallest absolute Gasteiger partial charge is 0.321 e. The fourth-order valence-corrected chi connectivity index (χ4v) is 1.37. The second kappa shape index (κ2) is 5.66. The first kappa shape index (κ1) is 13.0. The summed E-state index contributed by atoms with van der Waals surface area (Å²) >= 11 is 0. The van der Waals surface area contributed by atoms with Crippen molar-refractivity contribution in [3.8, 4) is 0 Å². The van der Waals surface area contributed by atoms with Crippen molar-refractivity contribution in [2.75, 3.05) is 21.2 Å². The summed E-state index contributed by atoms with van der Waals surface area (Å²) in [5.41, 5.74) is 0. The minimum atomic E-state index is -1.06. The van der Waals surface area contributed by atoms with Gasteiger partial charge >= 0.3 is 6.17 Å². The molecule has 0 bridgehead atoms. The molecule has 82 valence electrons. The number of nitro groups is 1. The maximum Gasteiger partial charge on any atom is 0.321 e. The predicted octanol–water partition coefficient (Wildman–Crippen LogP) is 0.255. The summed E-state index contributed by atoms with van der Waals surface area (Å²) in [7, 11) is 5.02. The zero-order valence-electron chi connectivity index (χ0n) is 9.01. The predicted molar refractivity (Wildman–Crippen MR) is 54.3 cm³/mol. The van der Waals surface area contributed by atoms with Gasteiger partial charge in [-0.2, -0.15) is 0 Å². The second-order valence-electron chi connectivity index (χ2n) is 3.28. The van der Waals surface area contributed by atoms with Crippen LogP contribution in [0.4, 0.5) is 0 Å². The van der Waals surface area contributed by atoms with Gasteiger partial charge in [0.25, 0.3) is 0 Å². The maximum absolute atomic E-state index is 10.7. The molecule has 0 saturated heterocycles. The fourth-order valence-electron chi connectivity index (χ4n) is 1.37. The van der Waals surface area contributed by atoms with Crippen LogP contribution in [0.2, 0.25) is 0 Å². The quantitative estimate of drug-likeness (QED) is 0.352. The molecule has 0 heterocycles. The molecule has 0 aromatic heterocycles. The Labute approximate surface area is 83.7 Å². The van der Waals surface area contributed by atoms with E-state index in [1.165, 1.54) is 7.11 Å². The van der Waals surface area contributed by atoms with Gasteiger partial charge in [-0.25, -0.2) is 4.99 Å². The number of hydrogen-bond acceptors (Lipinski definition) is 5. The van der Waals surface area contributed by atoms with E-state index >= 15 is 0 Å². The van der Waals surface area contributed by atoms with E-state index in [1.807, 2.05) is 0 Å². The molecule has 0 N–H and O–H groups in total. The van der Waals surface area contributed by atoms with Crippen LogP contribution in [-0.4, -0.2) is 56.1 Å². The van der Waals surface area contributed by atoms with Gasteiger partial charge in [0.15, 0.2) is 0 Å². The van der Waals surface area contributed by atoms with Crippen LogP contribution < -0.4 is 0 Å². The highest BCUT2D eigenvalue weighted by atomic mass is 16.6. The van der Waals surface area contributed by atoms with Gasteiger partial charge in [0, 0.05) is 12.0 Å². The summed E-state index contributed by atoms with van der Waals surface area (Å²) < 4.78 is 5.07. The Kier molecular flexibility index (Phi) is 5.26. The summed E-state index contributed by atoms with van der Waals surface area (Å²) in [6.07, 6.45) is -1.33. The lowest BCUT2D eigenvalue weighted by Gasteiger charge is -2.28. The summed E-state index contributed by atoms with van der Waals surface area (Å²) in [6.45, 7) is 5.00. The molecule has 0 saturated carbocycles. The molecule has 0 aromatic rings. The van der Waals surface area contributed by atoms with Crippen LogP contribution >= 0.6 is 0 Å². The number of rotatable bonds is 6. The van der Waals surface area contributed by atoms with Crippen LogP contribution in [0.1, 0.15) is 6.92 Å². The van der Waals surface area contributed by atoms with Gasteiger partial charge < -0.3 is 4.74 Å². The minimum absolute atomic E-state index is 0.272. The average molecular weight is 203 g/mol. The highest BCUT2D eigenvalue weighted by molar-refractivity contribution is 5.24. The van der Waals surface area contributed by atoms with Crippen LogP contribution in [0, 0.1) is 10.1 Å². The van der Waals surface area contributed by atoms with Crippen LogP contribution in [-0.2, 0) is 4.74 Å². The zero-order chi connectivity index (χ0) is 11.3. The van der Waals surface area contributed by atoms with Crippen molar-refractivity contribution in [3.05, 3.63) is 10.1 Å². The SMILES string of the molecule is C=N[C@H]([C@@H]([C@H](C)OC)N(C)C)[N+](=O)[O-]. The third-order valence-corrected chi connectivity index (χ3v) is 2.16. The number of ether oxygens (including phenoxy) is 1. The van der Waals surface area contributed by atoms with Gasteiger partial charge in [-0.3, -0.25) is 15.0 Å². The van der Waals surface area contributed by atoms with Gasteiger partial charge in [0.1, 0.15) is 6.04 Å². The fraction of sp³-hybridized carbons (Fsp3) is 0.875. The third-order valence-electron chi connectivity index (χ3n) is 2.16. The lowest BCUT2D eigenvalue weighted by Crippen LogP contribution is -2.49. The molecular weight excluding hydrogens is 186 g/mol. The maximum atomic E-state index is 10.7. The van der Waals surface area contributed by atoms with Crippen LogP contribution in [0.5, 0.6) is 0 Å². The number of methoxy groups -OCH3 is 1. The molecule has 6 nitrogen and oxygen atoms in total. The molecule has 0 spiro atoms. The van der Waals surface area contributed by atoms with Crippen molar-refractivity contribution < 1.29 is 9.66 Å². The first-order valence-corrected chi connectivity index (χ1v) is 4.24. The van der Waals surface area contributed by atoms with E-state index in [1.54, 1.807) is 25.9 Å². The molecule has 6 heteroatoms. The molecule has 0 radical (unpaired) electrons. The van der Waals surface area contributed by atoms with Crippen molar-refractivity contribution >= 4 is 6.72 Å². The number of nitrogens with zero attached hydrogens (tertiary/aromatic N) is 3.